The molecule has 1 aliphatic rings. The molecule has 1 aliphatic heterocycles. The summed E-state index contributed by atoms with van der Waals surface area (Å²) in [5, 5.41) is 0. The molecule has 3 nitrogen and oxygen atoms in total. The summed E-state index contributed by atoms with van der Waals surface area (Å²) < 4.78 is 0. The van der Waals surface area contributed by atoms with Gasteiger partial charge >= 0.3 is 0 Å². The second-order valence-corrected chi connectivity index (χ2v) is 3.81. The molecular weight excluding hydrogens is 150 g/mol. The van der Waals surface area contributed by atoms with E-state index in [1.807, 2.05) is 6.20 Å². The summed E-state index contributed by atoms with van der Waals surface area (Å²) in [6.07, 6.45) is 3.71. The molecule has 66 valence electrons. The monoisotopic (exact) mass is 165 g/mol. The average molecular weight is 165 g/mol. The summed E-state index contributed by atoms with van der Waals surface area (Å²) in [7, 11) is 2.17. The van der Waals surface area contributed by atoms with Gasteiger partial charge in [0.15, 0.2) is 0 Å². The molecule has 0 saturated carbocycles. The van der Waals surface area contributed by atoms with Crippen LogP contribution in [0.3, 0.4) is 0 Å². The molecule has 1 fully saturated rings. The third-order valence-corrected chi connectivity index (χ3v) is 2.71. The van der Waals surface area contributed by atoms with Crippen molar-refractivity contribution in [2.75, 3.05) is 20.1 Å². The van der Waals surface area contributed by atoms with Crippen LogP contribution in [0.4, 0.5) is 0 Å². The molecule has 3 heteroatoms. The van der Waals surface area contributed by atoms with E-state index >= 15 is 0 Å². The van der Waals surface area contributed by atoms with Gasteiger partial charge in [0.25, 0.3) is 0 Å². The first-order valence-corrected chi connectivity index (χ1v) is 4.44. The largest absolute Gasteiger partial charge is 0.348 e. The first-order valence-electron chi connectivity index (χ1n) is 4.44. The third kappa shape index (κ3) is 1.25. The van der Waals surface area contributed by atoms with E-state index in [0.29, 0.717) is 5.92 Å². The molecule has 0 spiro atoms. The number of nitrogens with one attached hydrogen (secondary N) is 1. The summed E-state index contributed by atoms with van der Waals surface area (Å²) in [5.74, 6) is 1.40. The van der Waals surface area contributed by atoms with E-state index in [-0.39, 0.29) is 0 Å². The van der Waals surface area contributed by atoms with Crippen molar-refractivity contribution in [2.24, 2.45) is 5.92 Å². The van der Waals surface area contributed by atoms with Crippen molar-refractivity contribution in [1.29, 1.82) is 0 Å². The number of imidazole rings is 1. The van der Waals surface area contributed by atoms with Crippen LogP contribution in [0.5, 0.6) is 0 Å². The van der Waals surface area contributed by atoms with Crippen molar-refractivity contribution in [3.05, 3.63) is 18.2 Å². The van der Waals surface area contributed by atoms with E-state index in [1.54, 1.807) is 6.33 Å². The Hall–Kier alpha value is -0.830. The van der Waals surface area contributed by atoms with Crippen LogP contribution in [-0.4, -0.2) is 35.0 Å². The second kappa shape index (κ2) is 2.90. The number of nitrogens with zero attached hydrogens (tertiary/aromatic N) is 2. The Morgan fingerprint density at radius 3 is 2.92 bits per heavy atom. The van der Waals surface area contributed by atoms with Crippen molar-refractivity contribution in [1.82, 2.24) is 14.9 Å². The number of H-pyrrole nitrogens is 1. The van der Waals surface area contributed by atoms with Crippen molar-refractivity contribution < 1.29 is 0 Å². The minimum atomic E-state index is 0.650. The Morgan fingerprint density at radius 2 is 2.42 bits per heavy atom. The fourth-order valence-electron chi connectivity index (χ4n) is 2.08. The van der Waals surface area contributed by atoms with Crippen LogP contribution in [-0.2, 0) is 0 Å². The first kappa shape index (κ1) is 7.80. The highest BCUT2D eigenvalue weighted by molar-refractivity contribution is 5.08. The molecular formula is C9H15N3. The number of aromatic amines is 1. The van der Waals surface area contributed by atoms with E-state index in [1.165, 1.54) is 12.2 Å². The maximum atomic E-state index is 4.05. The number of likely N-dealkylation sites (tertiary alicyclic amines) is 1. The van der Waals surface area contributed by atoms with Gasteiger partial charge in [-0.2, -0.15) is 0 Å². The van der Waals surface area contributed by atoms with Gasteiger partial charge in [0, 0.05) is 30.9 Å². The SMILES string of the molecule is CC1CN(C)CC1c1cnc[nH]1. The Labute approximate surface area is 72.8 Å². The van der Waals surface area contributed by atoms with Gasteiger partial charge in [-0.05, 0) is 13.0 Å². The molecule has 0 amide bonds. The van der Waals surface area contributed by atoms with Gasteiger partial charge in [0.1, 0.15) is 0 Å². The fraction of sp³-hybridized carbons (Fsp3) is 0.667. The quantitative estimate of drug-likeness (QED) is 0.675. The molecule has 1 N–H and O–H groups in total. The molecule has 2 atom stereocenters. The zero-order chi connectivity index (χ0) is 8.55. The van der Waals surface area contributed by atoms with Crippen LogP contribution in [0.1, 0.15) is 18.5 Å². The van der Waals surface area contributed by atoms with Gasteiger partial charge in [-0.15, -0.1) is 0 Å². The molecule has 0 aliphatic carbocycles. The lowest BCUT2D eigenvalue weighted by Crippen LogP contribution is -2.13. The van der Waals surface area contributed by atoms with Gasteiger partial charge in [-0.1, -0.05) is 6.92 Å². The molecule has 0 radical (unpaired) electrons. The van der Waals surface area contributed by atoms with Gasteiger partial charge in [0.2, 0.25) is 0 Å². The van der Waals surface area contributed by atoms with E-state index < -0.39 is 0 Å². The standard InChI is InChI=1S/C9H15N3/c1-7-4-12(2)5-8(7)9-3-10-6-11-9/h3,6-8H,4-5H2,1-2H3,(H,10,11). The van der Waals surface area contributed by atoms with Crippen LogP contribution in [0, 0.1) is 5.92 Å². The van der Waals surface area contributed by atoms with Crippen LogP contribution >= 0.6 is 0 Å². The van der Waals surface area contributed by atoms with Crippen molar-refractivity contribution in [2.45, 2.75) is 12.8 Å². The molecule has 1 aromatic rings. The van der Waals surface area contributed by atoms with Crippen LogP contribution in [0.2, 0.25) is 0 Å². The lowest BCUT2D eigenvalue weighted by molar-refractivity contribution is 0.400. The van der Waals surface area contributed by atoms with Gasteiger partial charge in [-0.3, -0.25) is 0 Å². The lowest BCUT2D eigenvalue weighted by Gasteiger charge is -2.10. The lowest BCUT2D eigenvalue weighted by atomic mass is 9.95. The van der Waals surface area contributed by atoms with E-state index in [9.17, 15) is 0 Å². The van der Waals surface area contributed by atoms with E-state index in [2.05, 4.69) is 28.8 Å². The predicted octanol–water partition coefficient (Wildman–Crippen LogP) is 1.07. The van der Waals surface area contributed by atoms with Gasteiger partial charge < -0.3 is 9.88 Å². The average Bonchev–Trinajstić information content (AvgIpc) is 2.58. The Morgan fingerprint density at radius 1 is 1.58 bits per heavy atom. The smallest absolute Gasteiger partial charge is 0.0921 e. The number of hydrogen-bond acceptors (Lipinski definition) is 2. The minimum absolute atomic E-state index is 0.650. The molecule has 1 aromatic heterocycles. The maximum Gasteiger partial charge on any atom is 0.0921 e. The van der Waals surface area contributed by atoms with Crippen LogP contribution in [0.25, 0.3) is 0 Å². The first-order chi connectivity index (χ1) is 5.77. The molecule has 12 heavy (non-hydrogen) atoms. The predicted molar refractivity (Wildman–Crippen MR) is 48.0 cm³/mol. The molecule has 2 heterocycles. The van der Waals surface area contributed by atoms with Crippen molar-refractivity contribution in [3.63, 3.8) is 0 Å². The third-order valence-electron chi connectivity index (χ3n) is 2.71. The Balaban J connectivity index is 2.15. The molecule has 2 unspecified atom stereocenters. The van der Waals surface area contributed by atoms with Crippen LogP contribution < -0.4 is 0 Å². The van der Waals surface area contributed by atoms with Gasteiger partial charge in [-0.25, -0.2) is 4.98 Å². The Bertz CT molecular complexity index is 242. The fourth-order valence-corrected chi connectivity index (χ4v) is 2.08. The normalized spacial score (nSPS) is 31.2. The van der Waals surface area contributed by atoms with Gasteiger partial charge in [0.05, 0.1) is 6.33 Å². The highest BCUT2D eigenvalue weighted by Gasteiger charge is 2.29. The topological polar surface area (TPSA) is 31.9 Å². The highest BCUT2D eigenvalue weighted by atomic mass is 15.1. The number of aromatic nitrogens is 2. The molecule has 0 aromatic carbocycles. The van der Waals surface area contributed by atoms with Crippen molar-refractivity contribution in [3.8, 4) is 0 Å². The number of rotatable bonds is 1. The minimum Gasteiger partial charge on any atom is -0.348 e. The van der Waals surface area contributed by atoms with Crippen molar-refractivity contribution >= 4 is 0 Å². The van der Waals surface area contributed by atoms with Crippen LogP contribution in [0.15, 0.2) is 12.5 Å². The second-order valence-electron chi connectivity index (χ2n) is 3.81. The zero-order valence-corrected chi connectivity index (χ0v) is 7.62. The summed E-state index contributed by atoms with van der Waals surface area (Å²) in [4.78, 5) is 9.62. The van der Waals surface area contributed by atoms with E-state index in [0.717, 1.165) is 12.5 Å². The molecule has 0 bridgehead atoms. The molecule has 1 saturated heterocycles. The Kier molecular flexibility index (Phi) is 1.89. The molecule has 2 rings (SSSR count). The summed E-state index contributed by atoms with van der Waals surface area (Å²) >= 11 is 0. The maximum absolute atomic E-state index is 4.05. The zero-order valence-electron chi connectivity index (χ0n) is 7.62. The summed E-state index contributed by atoms with van der Waals surface area (Å²) in [5.41, 5.74) is 1.28. The summed E-state index contributed by atoms with van der Waals surface area (Å²) in [6.45, 7) is 4.65. The number of hydrogen-bond donors (Lipinski definition) is 1. The van der Waals surface area contributed by atoms with E-state index in [4.69, 9.17) is 0 Å². The highest BCUT2D eigenvalue weighted by Crippen LogP contribution is 2.29. The summed E-state index contributed by atoms with van der Waals surface area (Å²) in [6, 6.07) is 0. The number of likely N-dealkylation sites (N-methyl/N-ethyl adjacent to an activating group) is 1.